The molecule has 28 heavy (non-hydrogen) atoms. The number of carbonyl (C=O) groups is 1. The van der Waals surface area contributed by atoms with Crippen molar-refractivity contribution in [3.8, 4) is 5.69 Å². The van der Waals surface area contributed by atoms with Gasteiger partial charge < -0.3 is 5.32 Å². The maximum atomic E-state index is 13.3. The summed E-state index contributed by atoms with van der Waals surface area (Å²) in [5.74, 6) is -0.757. The van der Waals surface area contributed by atoms with E-state index in [4.69, 9.17) is 0 Å². The Balaban J connectivity index is 1.98. The largest absolute Gasteiger partial charge is 0.418 e. The lowest BCUT2D eigenvalue weighted by atomic mass is 10.1. The molecular formula is C20H16F3N3O2. The summed E-state index contributed by atoms with van der Waals surface area (Å²) in [6.45, 7) is 1.61. The molecule has 1 N–H and O–H groups in total. The van der Waals surface area contributed by atoms with Crippen LogP contribution in [-0.2, 0) is 12.7 Å². The third kappa shape index (κ3) is 4.11. The molecule has 0 aliphatic carbocycles. The number of nitrogens with one attached hydrogen (secondary N) is 1. The fraction of sp³-hybridized carbons (Fsp3) is 0.150. The molecule has 144 valence electrons. The zero-order valence-electron chi connectivity index (χ0n) is 14.8. The Morgan fingerprint density at radius 1 is 1.07 bits per heavy atom. The third-order valence-electron chi connectivity index (χ3n) is 4.06. The van der Waals surface area contributed by atoms with E-state index in [0.717, 1.165) is 22.4 Å². The predicted octanol–water partition coefficient (Wildman–Crippen LogP) is 3.49. The molecule has 0 saturated carbocycles. The first-order valence-corrected chi connectivity index (χ1v) is 8.37. The van der Waals surface area contributed by atoms with Crippen LogP contribution in [0.4, 0.5) is 13.2 Å². The van der Waals surface area contributed by atoms with Gasteiger partial charge in [0.1, 0.15) is 0 Å². The minimum absolute atomic E-state index is 0.161. The van der Waals surface area contributed by atoms with E-state index < -0.39 is 28.8 Å². The Hall–Kier alpha value is -3.42. The molecule has 3 aromatic rings. The molecule has 0 fully saturated rings. The zero-order chi connectivity index (χ0) is 20.3. The molecule has 0 atom stereocenters. The number of aromatic nitrogens is 2. The molecule has 0 radical (unpaired) electrons. The Labute approximate surface area is 158 Å². The van der Waals surface area contributed by atoms with E-state index in [1.165, 1.54) is 25.1 Å². The van der Waals surface area contributed by atoms with E-state index in [2.05, 4.69) is 10.4 Å². The second-order valence-corrected chi connectivity index (χ2v) is 6.09. The van der Waals surface area contributed by atoms with Crippen molar-refractivity contribution in [2.24, 2.45) is 0 Å². The number of alkyl halides is 3. The van der Waals surface area contributed by atoms with Gasteiger partial charge in [-0.05, 0) is 24.6 Å². The number of aryl methyl sites for hydroxylation is 1. The quantitative estimate of drug-likeness (QED) is 0.745. The molecule has 5 nitrogen and oxygen atoms in total. The number of nitrogens with zero attached hydrogens (tertiary/aromatic N) is 2. The van der Waals surface area contributed by atoms with Crippen LogP contribution in [0.25, 0.3) is 5.69 Å². The van der Waals surface area contributed by atoms with Gasteiger partial charge in [0.2, 0.25) is 5.43 Å². The standard InChI is InChI=1S/C20H16F3N3O2/c1-13-11-17(27)18(19(28)24-12-14-7-3-2-4-8-14)25-26(13)16-10-6-5-9-15(16)20(21,22)23/h2-11H,12H2,1H3,(H,24,28). The lowest BCUT2D eigenvalue weighted by Crippen LogP contribution is -2.32. The Bertz CT molecular complexity index is 1060. The topological polar surface area (TPSA) is 64.0 Å². The SMILES string of the molecule is Cc1cc(=O)c(C(=O)NCc2ccccc2)nn1-c1ccccc1C(F)(F)F. The molecule has 0 aliphatic heterocycles. The van der Waals surface area contributed by atoms with E-state index in [1.54, 1.807) is 24.3 Å². The van der Waals surface area contributed by atoms with Gasteiger partial charge in [0, 0.05) is 18.3 Å². The number of para-hydroxylation sites is 1. The molecule has 0 bridgehead atoms. The number of halogens is 3. The van der Waals surface area contributed by atoms with Gasteiger partial charge in [-0.3, -0.25) is 9.59 Å². The highest BCUT2D eigenvalue weighted by Crippen LogP contribution is 2.33. The van der Waals surface area contributed by atoms with Crippen molar-refractivity contribution in [2.75, 3.05) is 0 Å². The van der Waals surface area contributed by atoms with Crippen molar-refractivity contribution < 1.29 is 18.0 Å². The number of hydrogen-bond acceptors (Lipinski definition) is 3. The van der Waals surface area contributed by atoms with Crippen LogP contribution in [0.2, 0.25) is 0 Å². The molecular weight excluding hydrogens is 371 g/mol. The van der Waals surface area contributed by atoms with Crippen LogP contribution in [0.3, 0.4) is 0 Å². The molecule has 8 heteroatoms. The zero-order valence-corrected chi connectivity index (χ0v) is 14.8. The summed E-state index contributed by atoms with van der Waals surface area (Å²) in [5, 5.41) is 6.48. The first-order chi connectivity index (χ1) is 13.3. The fourth-order valence-corrected chi connectivity index (χ4v) is 2.71. The number of rotatable bonds is 4. The van der Waals surface area contributed by atoms with Crippen LogP contribution in [0.15, 0.2) is 65.5 Å². The van der Waals surface area contributed by atoms with Crippen molar-refractivity contribution in [2.45, 2.75) is 19.6 Å². The van der Waals surface area contributed by atoms with Crippen LogP contribution in [-0.4, -0.2) is 15.7 Å². The van der Waals surface area contributed by atoms with Crippen molar-refractivity contribution in [3.63, 3.8) is 0 Å². The molecule has 3 rings (SSSR count). The Morgan fingerprint density at radius 3 is 2.39 bits per heavy atom. The van der Waals surface area contributed by atoms with Crippen molar-refractivity contribution in [1.82, 2.24) is 15.1 Å². The van der Waals surface area contributed by atoms with Crippen molar-refractivity contribution in [3.05, 3.63) is 93.4 Å². The predicted molar refractivity (Wildman–Crippen MR) is 97.2 cm³/mol. The van der Waals surface area contributed by atoms with Gasteiger partial charge in [0.05, 0.1) is 11.3 Å². The summed E-state index contributed by atoms with van der Waals surface area (Å²) >= 11 is 0. The molecule has 1 heterocycles. The van der Waals surface area contributed by atoms with Crippen LogP contribution in [0.5, 0.6) is 0 Å². The minimum atomic E-state index is -4.61. The summed E-state index contributed by atoms with van der Waals surface area (Å²) in [6.07, 6.45) is -4.61. The Kier molecular flexibility index (Phi) is 5.30. The first-order valence-electron chi connectivity index (χ1n) is 8.37. The molecule has 1 aromatic heterocycles. The second kappa shape index (κ2) is 7.67. The van der Waals surface area contributed by atoms with Gasteiger partial charge in [-0.2, -0.15) is 18.3 Å². The molecule has 0 unspecified atom stereocenters. The summed E-state index contributed by atoms with van der Waals surface area (Å²) in [5.41, 5.74) is -1.32. The molecule has 0 aliphatic rings. The van der Waals surface area contributed by atoms with Gasteiger partial charge >= 0.3 is 6.18 Å². The fourth-order valence-electron chi connectivity index (χ4n) is 2.71. The summed E-state index contributed by atoms with van der Waals surface area (Å²) in [7, 11) is 0. The summed E-state index contributed by atoms with van der Waals surface area (Å²) in [6, 6.07) is 14.9. The van der Waals surface area contributed by atoms with Gasteiger partial charge in [-0.15, -0.1) is 0 Å². The molecule has 0 spiro atoms. The van der Waals surface area contributed by atoms with E-state index in [1.807, 2.05) is 6.07 Å². The summed E-state index contributed by atoms with van der Waals surface area (Å²) in [4.78, 5) is 24.6. The number of amides is 1. The lowest BCUT2D eigenvalue weighted by Gasteiger charge is -2.16. The third-order valence-corrected chi connectivity index (χ3v) is 4.06. The maximum Gasteiger partial charge on any atom is 0.418 e. The van der Waals surface area contributed by atoms with Crippen molar-refractivity contribution in [1.29, 1.82) is 0 Å². The first kappa shape index (κ1) is 19.3. The lowest BCUT2D eigenvalue weighted by molar-refractivity contribution is -0.137. The molecule has 0 saturated heterocycles. The van der Waals surface area contributed by atoms with Crippen LogP contribution >= 0.6 is 0 Å². The highest BCUT2D eigenvalue weighted by molar-refractivity contribution is 5.92. The van der Waals surface area contributed by atoms with E-state index in [0.29, 0.717) is 0 Å². The van der Waals surface area contributed by atoms with E-state index >= 15 is 0 Å². The van der Waals surface area contributed by atoms with E-state index in [9.17, 15) is 22.8 Å². The highest BCUT2D eigenvalue weighted by atomic mass is 19.4. The average molecular weight is 387 g/mol. The summed E-state index contributed by atoms with van der Waals surface area (Å²) < 4.78 is 41.0. The van der Waals surface area contributed by atoms with E-state index in [-0.39, 0.29) is 17.9 Å². The Morgan fingerprint density at radius 2 is 1.71 bits per heavy atom. The molecule has 2 aromatic carbocycles. The number of benzene rings is 2. The van der Waals surface area contributed by atoms with Gasteiger partial charge in [0.15, 0.2) is 5.69 Å². The second-order valence-electron chi connectivity index (χ2n) is 6.09. The van der Waals surface area contributed by atoms with Crippen LogP contribution in [0.1, 0.15) is 27.3 Å². The smallest absolute Gasteiger partial charge is 0.346 e. The van der Waals surface area contributed by atoms with Crippen LogP contribution < -0.4 is 10.7 Å². The normalized spacial score (nSPS) is 11.3. The highest BCUT2D eigenvalue weighted by Gasteiger charge is 2.34. The van der Waals surface area contributed by atoms with Gasteiger partial charge in [0.25, 0.3) is 5.91 Å². The van der Waals surface area contributed by atoms with Gasteiger partial charge in [-0.1, -0.05) is 42.5 Å². The van der Waals surface area contributed by atoms with Gasteiger partial charge in [-0.25, -0.2) is 4.68 Å². The number of carbonyl (C=O) groups excluding carboxylic acids is 1. The number of hydrogen-bond donors (Lipinski definition) is 1. The average Bonchev–Trinajstić information content (AvgIpc) is 2.66. The monoisotopic (exact) mass is 387 g/mol. The maximum absolute atomic E-state index is 13.3. The van der Waals surface area contributed by atoms with Crippen molar-refractivity contribution >= 4 is 5.91 Å². The van der Waals surface area contributed by atoms with Crippen LogP contribution in [0, 0.1) is 6.92 Å². The molecule has 1 amide bonds. The minimum Gasteiger partial charge on any atom is -0.346 e.